The number of amides is 2. The maximum absolute atomic E-state index is 15.8. The molecule has 5 heterocycles. The van der Waals surface area contributed by atoms with Gasteiger partial charge in [0.15, 0.2) is 0 Å². The van der Waals surface area contributed by atoms with E-state index in [9.17, 15) is 18.8 Å². The van der Waals surface area contributed by atoms with E-state index in [0.29, 0.717) is 37.2 Å². The van der Waals surface area contributed by atoms with Crippen molar-refractivity contribution in [2.24, 2.45) is 17.8 Å². The number of nitrogens with zero attached hydrogens (tertiary/aromatic N) is 4. The molecule has 10 nitrogen and oxygen atoms in total. The fourth-order valence-electron chi connectivity index (χ4n) is 7.70. The first-order valence-corrected chi connectivity index (χ1v) is 18.9. The van der Waals surface area contributed by atoms with Gasteiger partial charge in [-0.3, -0.25) is 19.4 Å². The first-order valence-electron chi connectivity index (χ1n) is 18.9. The van der Waals surface area contributed by atoms with Crippen molar-refractivity contribution in [3.63, 3.8) is 0 Å². The molecule has 2 aliphatic heterocycles. The molecule has 3 aliphatic rings. The number of ether oxygens (including phenoxy) is 1. The first kappa shape index (κ1) is 36.2. The number of nitrogen functional groups attached to an aromatic ring is 1. The summed E-state index contributed by atoms with van der Waals surface area (Å²) >= 11 is 0. The van der Waals surface area contributed by atoms with Gasteiger partial charge in [0.2, 0.25) is 11.3 Å². The third kappa shape index (κ3) is 7.91. The number of halogens is 2. The van der Waals surface area contributed by atoms with Crippen molar-refractivity contribution < 1.29 is 23.1 Å². The topological polar surface area (TPSA) is 132 Å². The van der Waals surface area contributed by atoms with E-state index >= 15 is 4.39 Å². The highest BCUT2D eigenvalue weighted by Gasteiger charge is 2.35. The molecule has 0 radical (unpaired) electrons. The maximum Gasteiger partial charge on any atom is 0.261 e. The van der Waals surface area contributed by atoms with Gasteiger partial charge in [0.25, 0.3) is 5.91 Å². The Hall–Kier alpha value is -5.75. The Morgan fingerprint density at radius 3 is 2.31 bits per heavy atom. The summed E-state index contributed by atoms with van der Waals surface area (Å²) in [5.74, 6) is -0.518. The number of carbonyl (C=O) groups is 2. The monoisotopic (exact) mass is 744 g/mol. The number of hydrogen-bond acceptors (Lipinski definition) is 7. The molecule has 8 rings (SSSR count). The minimum Gasteiger partial charge on any atom is -0.383 e. The van der Waals surface area contributed by atoms with Crippen molar-refractivity contribution in [1.29, 1.82) is 0 Å². The Morgan fingerprint density at radius 1 is 0.836 bits per heavy atom. The molecule has 2 saturated heterocycles. The van der Waals surface area contributed by atoms with Crippen LogP contribution in [0, 0.1) is 29.4 Å². The summed E-state index contributed by atoms with van der Waals surface area (Å²) in [5.41, 5.74) is 9.59. The molecule has 282 valence electrons. The molecule has 3 aromatic heterocycles. The second-order valence-electron chi connectivity index (χ2n) is 15.0. The van der Waals surface area contributed by atoms with Crippen molar-refractivity contribution in [3.8, 4) is 33.5 Å². The number of aromatic nitrogens is 3. The van der Waals surface area contributed by atoms with Crippen molar-refractivity contribution in [2.45, 2.75) is 45.1 Å². The van der Waals surface area contributed by atoms with Gasteiger partial charge in [-0.25, -0.2) is 13.8 Å². The Bertz CT molecular complexity index is 2280. The smallest absolute Gasteiger partial charge is 0.261 e. The number of pyridine rings is 3. The van der Waals surface area contributed by atoms with Crippen LogP contribution in [0.5, 0.6) is 0 Å². The van der Waals surface area contributed by atoms with Crippen molar-refractivity contribution in [2.75, 3.05) is 37.4 Å². The number of nitrogens with one attached hydrogen (secondary N) is 1. The van der Waals surface area contributed by atoms with E-state index in [4.69, 9.17) is 10.5 Å². The van der Waals surface area contributed by atoms with E-state index in [1.54, 1.807) is 29.1 Å². The van der Waals surface area contributed by atoms with Crippen LogP contribution >= 0.6 is 0 Å². The summed E-state index contributed by atoms with van der Waals surface area (Å²) in [4.78, 5) is 50.3. The SMILES string of the molecule is Nc1ncc(-c2ccc(CC3CN(C(=O)C4CCOCC4)C3)cc2)cc1-c1ccc(NC(=O)c2cn(CC3CCC3)cc(-c3ccc(F)cn3)c2=O)cc1F. The molecule has 0 unspecified atom stereocenters. The third-order valence-corrected chi connectivity index (χ3v) is 11.1. The molecular weight excluding hydrogens is 703 g/mol. The van der Waals surface area contributed by atoms with Gasteiger partial charge in [-0.05, 0) is 91.5 Å². The highest BCUT2D eigenvalue weighted by atomic mass is 19.1. The summed E-state index contributed by atoms with van der Waals surface area (Å²) in [6.07, 6.45) is 11.6. The molecule has 55 heavy (non-hydrogen) atoms. The molecule has 0 spiro atoms. The lowest BCUT2D eigenvalue weighted by atomic mass is 9.85. The molecule has 12 heteroatoms. The molecule has 5 aromatic rings. The number of carbonyl (C=O) groups excluding carboxylic acids is 2. The van der Waals surface area contributed by atoms with Crippen LogP contribution in [0.25, 0.3) is 33.5 Å². The Balaban J connectivity index is 0.952. The zero-order valence-corrected chi connectivity index (χ0v) is 30.3. The lowest BCUT2D eigenvalue weighted by molar-refractivity contribution is -0.145. The third-order valence-electron chi connectivity index (χ3n) is 11.1. The van der Waals surface area contributed by atoms with E-state index in [0.717, 1.165) is 68.9 Å². The second kappa shape index (κ2) is 15.5. The van der Waals surface area contributed by atoms with Gasteiger partial charge in [0, 0.05) is 79.7 Å². The summed E-state index contributed by atoms with van der Waals surface area (Å²) < 4.78 is 36.6. The molecule has 0 atom stereocenters. The average molecular weight is 745 g/mol. The van der Waals surface area contributed by atoms with Crippen LogP contribution in [0.15, 0.2) is 90.2 Å². The minimum absolute atomic E-state index is 0.0873. The largest absolute Gasteiger partial charge is 0.383 e. The Morgan fingerprint density at radius 2 is 1.62 bits per heavy atom. The first-order chi connectivity index (χ1) is 26.7. The summed E-state index contributed by atoms with van der Waals surface area (Å²) in [6.45, 7) is 3.50. The number of likely N-dealkylation sites (tertiary alicyclic amines) is 1. The van der Waals surface area contributed by atoms with Crippen LogP contribution in [-0.4, -0.2) is 57.6 Å². The van der Waals surface area contributed by atoms with Gasteiger partial charge in [0.05, 0.1) is 17.5 Å². The lowest BCUT2D eigenvalue weighted by Gasteiger charge is -2.41. The Kier molecular flexibility index (Phi) is 10.2. The van der Waals surface area contributed by atoms with E-state index in [1.807, 2.05) is 17.0 Å². The van der Waals surface area contributed by atoms with Crippen molar-refractivity contribution in [3.05, 3.63) is 118 Å². The van der Waals surface area contributed by atoms with Gasteiger partial charge in [-0.1, -0.05) is 30.7 Å². The highest BCUT2D eigenvalue weighted by Crippen LogP contribution is 2.34. The van der Waals surface area contributed by atoms with E-state index < -0.39 is 23.0 Å². The zero-order chi connectivity index (χ0) is 38.1. The van der Waals surface area contributed by atoms with Crippen LogP contribution in [0.4, 0.5) is 20.3 Å². The lowest BCUT2D eigenvalue weighted by Crippen LogP contribution is -2.53. The second-order valence-corrected chi connectivity index (χ2v) is 15.0. The fraction of sp³-hybridized carbons (Fsp3) is 0.326. The number of nitrogens with two attached hydrogens (primary N) is 1. The van der Waals surface area contributed by atoms with Gasteiger partial charge in [0.1, 0.15) is 23.0 Å². The number of hydrogen-bond donors (Lipinski definition) is 2. The Labute approximate surface area is 317 Å². The van der Waals surface area contributed by atoms with Crippen LogP contribution in [0.1, 0.15) is 48.0 Å². The summed E-state index contributed by atoms with van der Waals surface area (Å²) in [6, 6.07) is 16.8. The van der Waals surface area contributed by atoms with Gasteiger partial charge in [-0.15, -0.1) is 0 Å². The van der Waals surface area contributed by atoms with E-state index in [-0.39, 0.29) is 45.7 Å². The molecule has 1 aliphatic carbocycles. The van der Waals surface area contributed by atoms with Crippen molar-refractivity contribution >= 4 is 23.3 Å². The van der Waals surface area contributed by atoms with Gasteiger partial charge in [-0.2, -0.15) is 0 Å². The van der Waals surface area contributed by atoms with Crippen LogP contribution < -0.4 is 16.5 Å². The number of anilines is 2. The molecule has 3 fully saturated rings. The molecule has 2 amide bonds. The van der Waals surface area contributed by atoms with E-state index in [1.165, 1.54) is 36.0 Å². The predicted octanol–water partition coefficient (Wildman–Crippen LogP) is 6.98. The van der Waals surface area contributed by atoms with Crippen LogP contribution in [0.3, 0.4) is 0 Å². The maximum atomic E-state index is 15.8. The summed E-state index contributed by atoms with van der Waals surface area (Å²) in [7, 11) is 0. The molecule has 2 aromatic carbocycles. The standard InChI is InChI=1S/C43H42F2N6O4/c44-32-8-11-39(47-20-32)36-24-50(21-27-2-1-3-27)25-37(40(36)52)42(53)49-33-9-10-34(38(45)18-33)35-17-31(19-48-41(35)46)29-6-4-26(5-7-29)16-28-22-51(23-28)43(54)30-12-14-55-15-13-30/h4-11,17-20,24-25,27-28,30H,1-3,12-16,21-23H2,(H2,46,48)(H,49,53). The molecule has 1 saturated carbocycles. The van der Waals surface area contributed by atoms with Gasteiger partial charge >= 0.3 is 0 Å². The number of benzene rings is 2. The normalized spacial score (nSPS) is 16.4. The fourth-order valence-corrected chi connectivity index (χ4v) is 7.70. The van der Waals surface area contributed by atoms with E-state index in [2.05, 4.69) is 27.4 Å². The number of rotatable bonds is 10. The molecule has 3 N–H and O–H groups in total. The highest BCUT2D eigenvalue weighted by molar-refractivity contribution is 6.04. The average Bonchev–Trinajstić information content (AvgIpc) is 3.16. The predicted molar refractivity (Wildman–Crippen MR) is 206 cm³/mol. The quantitative estimate of drug-likeness (QED) is 0.158. The van der Waals surface area contributed by atoms with Crippen molar-refractivity contribution in [1.82, 2.24) is 19.4 Å². The zero-order valence-electron chi connectivity index (χ0n) is 30.3. The summed E-state index contributed by atoms with van der Waals surface area (Å²) in [5, 5.41) is 2.67. The van der Waals surface area contributed by atoms with Crippen LogP contribution in [-0.2, 0) is 22.5 Å². The molecule has 0 bridgehead atoms. The van der Waals surface area contributed by atoms with Crippen LogP contribution in [0.2, 0.25) is 0 Å². The minimum atomic E-state index is -0.701. The molecular formula is C43H42F2N6O4. The van der Waals surface area contributed by atoms with Gasteiger partial charge < -0.3 is 25.3 Å².